The van der Waals surface area contributed by atoms with Crippen molar-refractivity contribution in [3.63, 3.8) is 0 Å². The number of hydrogen-bond acceptors (Lipinski definition) is 10. The lowest BCUT2D eigenvalue weighted by Crippen LogP contribution is -2.66. The number of nitrogens with zero attached hydrogens (tertiary/aromatic N) is 2. The monoisotopic (exact) mass is 767 g/mol. The van der Waals surface area contributed by atoms with Crippen LogP contribution in [-0.4, -0.2) is 76.5 Å². The number of ether oxygens (including phenoxy) is 3. The van der Waals surface area contributed by atoms with E-state index in [9.17, 15) is 9.59 Å². The van der Waals surface area contributed by atoms with E-state index in [4.69, 9.17) is 27.2 Å². The molecule has 0 saturated carbocycles. The molecule has 1 aromatic heterocycles. The van der Waals surface area contributed by atoms with E-state index in [1.165, 1.54) is 16.3 Å². The van der Waals surface area contributed by atoms with Gasteiger partial charge in [-0.15, -0.1) is 11.8 Å². The third kappa shape index (κ3) is 7.20. The number of anilines is 1. The zero-order valence-electron chi connectivity index (χ0n) is 31.7. The normalized spacial score (nSPS) is 23.7. The predicted octanol–water partition coefficient (Wildman–Crippen LogP) is 8.16. The molecule has 0 unspecified atom stereocenters. The molecule has 0 radical (unpaired) electrons. The molecule has 1 N–H and O–H groups in total. The fourth-order valence-electron chi connectivity index (χ4n) is 8.09. The largest absolute Gasteiger partial charge is 0.448 e. The van der Waals surface area contributed by atoms with Crippen molar-refractivity contribution in [2.45, 2.75) is 108 Å². The molecule has 2 aliphatic heterocycles. The van der Waals surface area contributed by atoms with E-state index in [-0.39, 0.29) is 47.1 Å². The van der Waals surface area contributed by atoms with Crippen molar-refractivity contribution in [3.05, 3.63) is 82.4 Å². The Morgan fingerprint density at radius 3 is 2.08 bits per heavy atom. The molecule has 2 saturated heterocycles. The molecule has 0 bridgehead atoms. The van der Waals surface area contributed by atoms with E-state index >= 15 is 0 Å². The van der Waals surface area contributed by atoms with Crippen LogP contribution in [0.1, 0.15) is 78.7 Å². The molecular formula is C38H53N3O8SSi2. The van der Waals surface area contributed by atoms with Crippen molar-refractivity contribution in [1.29, 1.82) is 0 Å². The maximum Gasteiger partial charge on any atom is 0.412 e. The second-order valence-electron chi connectivity index (χ2n) is 15.1. The van der Waals surface area contributed by atoms with Crippen molar-refractivity contribution in [2.75, 3.05) is 30.7 Å². The van der Waals surface area contributed by atoms with Crippen molar-refractivity contribution in [2.24, 2.45) is 0 Å². The lowest BCUT2D eigenvalue weighted by molar-refractivity contribution is -0.0654. The average Bonchev–Trinajstić information content (AvgIpc) is 3.60. The van der Waals surface area contributed by atoms with Gasteiger partial charge >= 0.3 is 28.9 Å². The van der Waals surface area contributed by atoms with Crippen molar-refractivity contribution >= 4 is 40.8 Å². The SMILES string of the molecule is CSCO[C@@H]1[C@@H]2O[Si](C(C)C)(C(C)C)O[Si](C(C)C)(C(C)C)OC[C@H]2O[C@H]1n1ccc(NC(=O)OCC2c3ccccc3-c3ccccc32)nc1=O. The Hall–Kier alpha value is -2.83. The molecule has 14 heteroatoms. The standard InChI is InChI=1S/C38H53N3O8SSi2/c1-23(2)51(24(3)4)46-21-32-34(48-52(49-51,25(5)6)26(7)8)35(45-22-50-9)36(47-32)41-19-18-33(39-37(41)42)40-38(43)44-20-31-29-16-12-10-14-27(29)28-15-11-13-17-30(28)31/h10-19,23-26,31-32,34-36H,20-22H2,1-9H3,(H,39,40,42,43)/t32-,34-,35-,36-/m1/s1. The third-order valence-corrected chi connectivity index (χ3v) is 21.3. The summed E-state index contributed by atoms with van der Waals surface area (Å²) in [7, 11) is -5.77. The molecule has 11 nitrogen and oxygen atoms in total. The molecule has 2 aromatic carbocycles. The van der Waals surface area contributed by atoms with E-state index in [0.29, 0.717) is 5.94 Å². The highest BCUT2D eigenvalue weighted by atomic mass is 32.2. The number of carbonyl (C=O) groups excluding carboxylic acids is 1. The van der Waals surface area contributed by atoms with Gasteiger partial charge in [0.15, 0.2) is 6.23 Å². The number of carbonyl (C=O) groups is 1. The summed E-state index contributed by atoms with van der Waals surface area (Å²) < 4.78 is 41.7. The molecule has 52 heavy (non-hydrogen) atoms. The van der Waals surface area contributed by atoms with Crippen LogP contribution in [-0.2, 0) is 27.2 Å². The van der Waals surface area contributed by atoms with Crippen molar-refractivity contribution < 1.29 is 32.0 Å². The van der Waals surface area contributed by atoms with Gasteiger partial charge in [-0.05, 0) is 56.7 Å². The van der Waals surface area contributed by atoms with Gasteiger partial charge in [-0.1, -0.05) is 104 Å². The molecule has 4 atom stereocenters. The van der Waals surface area contributed by atoms with Gasteiger partial charge in [0.2, 0.25) is 0 Å². The Balaban J connectivity index is 1.22. The first-order chi connectivity index (χ1) is 24.8. The fourth-order valence-corrected chi connectivity index (χ4v) is 19.6. The van der Waals surface area contributed by atoms with Crippen LogP contribution in [0.2, 0.25) is 22.2 Å². The molecule has 282 valence electrons. The summed E-state index contributed by atoms with van der Waals surface area (Å²) in [4.78, 5) is 30.9. The number of nitrogens with one attached hydrogen (secondary N) is 1. The van der Waals surface area contributed by atoms with Crippen LogP contribution in [0, 0.1) is 0 Å². The highest BCUT2D eigenvalue weighted by Gasteiger charge is 2.62. The first kappa shape index (κ1) is 38.9. The highest BCUT2D eigenvalue weighted by Crippen LogP contribution is 2.49. The van der Waals surface area contributed by atoms with E-state index in [0.717, 1.165) is 22.3 Å². The molecule has 3 aliphatic rings. The van der Waals surface area contributed by atoms with Gasteiger partial charge in [-0.3, -0.25) is 9.88 Å². The van der Waals surface area contributed by atoms with Crippen LogP contribution in [0.4, 0.5) is 10.6 Å². The van der Waals surface area contributed by atoms with E-state index in [2.05, 4.69) is 90.0 Å². The van der Waals surface area contributed by atoms with Crippen LogP contribution in [0.3, 0.4) is 0 Å². The zero-order chi connectivity index (χ0) is 37.4. The van der Waals surface area contributed by atoms with Crippen molar-refractivity contribution in [1.82, 2.24) is 9.55 Å². The number of amides is 1. The second kappa shape index (κ2) is 15.9. The molecule has 1 amide bonds. The minimum Gasteiger partial charge on any atom is -0.448 e. The van der Waals surface area contributed by atoms with Crippen LogP contribution in [0.25, 0.3) is 11.1 Å². The van der Waals surface area contributed by atoms with Gasteiger partial charge in [0.1, 0.15) is 30.7 Å². The molecular weight excluding hydrogens is 715 g/mol. The summed E-state index contributed by atoms with van der Waals surface area (Å²) >= 11 is 1.53. The van der Waals surface area contributed by atoms with Gasteiger partial charge in [-0.2, -0.15) is 4.98 Å². The minimum absolute atomic E-state index is 0.0766. The van der Waals surface area contributed by atoms with E-state index in [1.54, 1.807) is 12.3 Å². The van der Waals surface area contributed by atoms with Crippen molar-refractivity contribution in [3.8, 4) is 11.1 Å². The van der Waals surface area contributed by atoms with Crippen LogP contribution < -0.4 is 11.0 Å². The fraction of sp³-hybridized carbons (Fsp3) is 0.553. The van der Waals surface area contributed by atoms with E-state index < -0.39 is 53.4 Å². The lowest BCUT2D eigenvalue weighted by atomic mass is 9.98. The van der Waals surface area contributed by atoms with Gasteiger partial charge in [0.25, 0.3) is 0 Å². The topological polar surface area (TPSA) is 119 Å². The summed E-state index contributed by atoms with van der Waals surface area (Å²) in [6, 6.07) is 17.9. The van der Waals surface area contributed by atoms with Gasteiger partial charge < -0.3 is 27.2 Å². The minimum atomic E-state index is -2.97. The van der Waals surface area contributed by atoms with Crippen LogP contribution >= 0.6 is 11.8 Å². The second-order valence-corrected chi connectivity index (χ2v) is 24.8. The first-order valence-corrected chi connectivity index (χ1v) is 23.7. The van der Waals surface area contributed by atoms with E-state index in [1.807, 2.05) is 30.5 Å². The molecule has 3 aromatic rings. The first-order valence-electron chi connectivity index (χ1n) is 18.3. The average molecular weight is 768 g/mol. The Morgan fingerprint density at radius 2 is 1.52 bits per heavy atom. The van der Waals surface area contributed by atoms with Gasteiger partial charge in [0.05, 0.1) is 12.5 Å². The molecule has 6 rings (SSSR count). The Labute approximate surface area is 313 Å². The van der Waals surface area contributed by atoms with Crippen LogP contribution in [0.15, 0.2) is 65.6 Å². The summed E-state index contributed by atoms with van der Waals surface area (Å²) in [5.74, 6) is 0.358. The summed E-state index contributed by atoms with van der Waals surface area (Å²) in [6.07, 6.45) is 0.319. The number of benzene rings is 2. The third-order valence-electron chi connectivity index (χ3n) is 10.7. The number of rotatable bonds is 11. The number of hydrogen-bond donors (Lipinski definition) is 1. The number of fused-ring (bicyclic) bond motifs is 4. The predicted molar refractivity (Wildman–Crippen MR) is 208 cm³/mol. The quantitative estimate of drug-likeness (QED) is 0.151. The Morgan fingerprint density at radius 1 is 0.923 bits per heavy atom. The van der Waals surface area contributed by atoms with Crippen LogP contribution in [0.5, 0.6) is 0 Å². The van der Waals surface area contributed by atoms with Gasteiger partial charge in [0, 0.05) is 12.1 Å². The molecule has 0 spiro atoms. The molecule has 3 heterocycles. The maximum absolute atomic E-state index is 13.7. The summed E-state index contributed by atoms with van der Waals surface area (Å²) in [5, 5.41) is 2.64. The zero-order valence-corrected chi connectivity index (χ0v) is 34.5. The summed E-state index contributed by atoms with van der Waals surface area (Å²) in [6.45, 7) is 17.8. The Bertz CT molecular complexity index is 1730. The smallest absolute Gasteiger partial charge is 0.412 e. The highest BCUT2D eigenvalue weighted by molar-refractivity contribution is 7.98. The number of thioether (sulfide) groups is 1. The molecule has 2 fully saturated rings. The lowest BCUT2D eigenvalue weighted by Gasteiger charge is -2.51. The maximum atomic E-state index is 13.7. The molecule has 1 aliphatic carbocycles. The number of aromatic nitrogens is 2. The summed E-state index contributed by atoms with van der Waals surface area (Å²) in [5.41, 5.74) is 4.51. The Kier molecular flexibility index (Phi) is 11.9. The van der Waals surface area contributed by atoms with Gasteiger partial charge in [-0.25, -0.2) is 9.59 Å².